The molecule has 0 aromatic heterocycles. The molecule has 1 heterocycles. The van der Waals surface area contributed by atoms with Crippen molar-refractivity contribution in [2.75, 3.05) is 53.6 Å². The minimum atomic E-state index is 0. The van der Waals surface area contributed by atoms with Gasteiger partial charge < -0.3 is 20.1 Å². The highest BCUT2D eigenvalue weighted by molar-refractivity contribution is 14.0. The van der Waals surface area contributed by atoms with Gasteiger partial charge in [-0.3, -0.25) is 9.89 Å². The lowest BCUT2D eigenvalue weighted by molar-refractivity contribution is 0.00752. The van der Waals surface area contributed by atoms with Crippen LogP contribution in [-0.4, -0.2) is 70.5 Å². The standard InChI is InChI=1S/C21H36N4O2.HI/c1-16(2)19(25-10-12-27-13-11-25)15-24-21(22-4)23-9-8-18-7-6-17(3)20(14-18)26-5;/h6-7,14,16,19H,8-13,15H2,1-5H3,(H2,22,23,24);1H. The first kappa shape index (κ1) is 25.0. The Morgan fingerprint density at radius 1 is 1.25 bits per heavy atom. The van der Waals surface area contributed by atoms with E-state index in [2.05, 4.69) is 59.5 Å². The monoisotopic (exact) mass is 504 g/mol. The highest BCUT2D eigenvalue weighted by Crippen LogP contribution is 2.19. The van der Waals surface area contributed by atoms with Crippen molar-refractivity contribution in [1.29, 1.82) is 0 Å². The fraction of sp³-hybridized carbons (Fsp3) is 0.667. The maximum atomic E-state index is 5.49. The van der Waals surface area contributed by atoms with Crippen LogP contribution in [0, 0.1) is 12.8 Å². The van der Waals surface area contributed by atoms with Gasteiger partial charge in [-0.05, 0) is 36.5 Å². The first-order valence-electron chi connectivity index (χ1n) is 9.95. The average molecular weight is 504 g/mol. The zero-order valence-corrected chi connectivity index (χ0v) is 20.3. The van der Waals surface area contributed by atoms with E-state index < -0.39 is 0 Å². The lowest BCUT2D eigenvalue weighted by atomic mass is 10.0. The van der Waals surface area contributed by atoms with Crippen LogP contribution in [0.2, 0.25) is 0 Å². The van der Waals surface area contributed by atoms with E-state index in [4.69, 9.17) is 9.47 Å². The van der Waals surface area contributed by atoms with Crippen molar-refractivity contribution < 1.29 is 9.47 Å². The van der Waals surface area contributed by atoms with Gasteiger partial charge in [0.1, 0.15) is 5.75 Å². The molecule has 0 spiro atoms. The highest BCUT2D eigenvalue weighted by atomic mass is 127. The molecule has 2 N–H and O–H groups in total. The Bertz CT molecular complexity index is 604. The Balaban J connectivity index is 0.00000392. The molecule has 1 unspecified atom stereocenters. The fourth-order valence-corrected chi connectivity index (χ4v) is 3.46. The zero-order valence-electron chi connectivity index (χ0n) is 18.0. The molecule has 1 atom stereocenters. The molecule has 1 aromatic carbocycles. The predicted octanol–water partition coefficient (Wildman–Crippen LogP) is 2.69. The van der Waals surface area contributed by atoms with Gasteiger partial charge in [0, 0.05) is 39.3 Å². The Morgan fingerprint density at radius 2 is 1.96 bits per heavy atom. The van der Waals surface area contributed by atoms with Gasteiger partial charge in [-0.25, -0.2) is 0 Å². The van der Waals surface area contributed by atoms with Crippen molar-refractivity contribution in [3.8, 4) is 5.75 Å². The summed E-state index contributed by atoms with van der Waals surface area (Å²) in [5.74, 6) is 2.38. The van der Waals surface area contributed by atoms with E-state index in [0.717, 1.165) is 63.1 Å². The molecule has 0 radical (unpaired) electrons. The van der Waals surface area contributed by atoms with E-state index >= 15 is 0 Å². The third-order valence-electron chi connectivity index (χ3n) is 5.17. The average Bonchev–Trinajstić information content (AvgIpc) is 2.68. The number of ether oxygens (including phenoxy) is 2. The number of hydrogen-bond acceptors (Lipinski definition) is 4. The summed E-state index contributed by atoms with van der Waals surface area (Å²) < 4.78 is 10.9. The van der Waals surface area contributed by atoms with Gasteiger partial charge in [0.2, 0.25) is 0 Å². The Hall–Kier alpha value is -1.06. The van der Waals surface area contributed by atoms with Crippen LogP contribution in [0.4, 0.5) is 0 Å². The molecule has 0 saturated carbocycles. The predicted molar refractivity (Wildman–Crippen MR) is 127 cm³/mol. The largest absolute Gasteiger partial charge is 0.496 e. The highest BCUT2D eigenvalue weighted by Gasteiger charge is 2.23. The number of rotatable bonds is 8. The fourth-order valence-electron chi connectivity index (χ4n) is 3.46. The number of aryl methyl sites for hydroxylation is 1. The van der Waals surface area contributed by atoms with Gasteiger partial charge in [0.15, 0.2) is 5.96 Å². The molecule has 7 heteroatoms. The Labute approximate surface area is 187 Å². The molecular formula is C21H37IN4O2. The molecule has 28 heavy (non-hydrogen) atoms. The van der Waals surface area contributed by atoms with Crippen molar-refractivity contribution in [3.05, 3.63) is 29.3 Å². The molecular weight excluding hydrogens is 467 g/mol. The number of hydrogen-bond donors (Lipinski definition) is 2. The number of aliphatic imine (C=N–C) groups is 1. The molecule has 6 nitrogen and oxygen atoms in total. The van der Waals surface area contributed by atoms with Crippen LogP contribution < -0.4 is 15.4 Å². The Kier molecular flexibility index (Phi) is 11.8. The van der Waals surface area contributed by atoms with E-state index in [0.29, 0.717) is 12.0 Å². The van der Waals surface area contributed by atoms with E-state index in [9.17, 15) is 0 Å². The third kappa shape index (κ3) is 7.75. The molecule has 2 rings (SSSR count). The summed E-state index contributed by atoms with van der Waals surface area (Å²) in [4.78, 5) is 6.89. The molecule has 1 saturated heterocycles. The third-order valence-corrected chi connectivity index (χ3v) is 5.17. The first-order valence-corrected chi connectivity index (χ1v) is 9.95. The van der Waals surface area contributed by atoms with Crippen molar-refractivity contribution in [2.24, 2.45) is 10.9 Å². The maximum Gasteiger partial charge on any atom is 0.191 e. The quantitative estimate of drug-likeness (QED) is 0.324. The van der Waals surface area contributed by atoms with E-state index in [1.165, 1.54) is 5.56 Å². The lowest BCUT2D eigenvalue weighted by Gasteiger charge is -2.37. The minimum absolute atomic E-state index is 0. The topological polar surface area (TPSA) is 58.1 Å². The van der Waals surface area contributed by atoms with Crippen molar-refractivity contribution >= 4 is 29.9 Å². The summed E-state index contributed by atoms with van der Waals surface area (Å²) in [5.41, 5.74) is 2.42. The van der Waals surface area contributed by atoms with Crippen molar-refractivity contribution in [1.82, 2.24) is 15.5 Å². The van der Waals surface area contributed by atoms with Gasteiger partial charge in [0.25, 0.3) is 0 Å². The molecule has 1 aliphatic heterocycles. The number of nitrogens with zero attached hydrogens (tertiary/aromatic N) is 2. The second-order valence-electron chi connectivity index (χ2n) is 7.39. The minimum Gasteiger partial charge on any atom is -0.496 e. The van der Waals surface area contributed by atoms with Gasteiger partial charge in [-0.15, -0.1) is 24.0 Å². The van der Waals surface area contributed by atoms with E-state index in [-0.39, 0.29) is 24.0 Å². The summed E-state index contributed by atoms with van der Waals surface area (Å²) in [5, 5.41) is 6.92. The summed E-state index contributed by atoms with van der Waals surface area (Å²) >= 11 is 0. The van der Waals surface area contributed by atoms with Gasteiger partial charge in [0.05, 0.1) is 20.3 Å². The number of nitrogens with one attached hydrogen (secondary N) is 2. The molecule has 1 aromatic rings. The number of halogens is 1. The number of benzene rings is 1. The second kappa shape index (κ2) is 13.2. The van der Waals surface area contributed by atoms with Crippen molar-refractivity contribution in [3.63, 3.8) is 0 Å². The number of methoxy groups -OCH3 is 1. The molecule has 0 amide bonds. The van der Waals surface area contributed by atoms with Gasteiger partial charge in [-0.1, -0.05) is 26.0 Å². The van der Waals surface area contributed by atoms with Crippen LogP contribution in [0.25, 0.3) is 0 Å². The van der Waals surface area contributed by atoms with E-state index in [1.54, 1.807) is 7.11 Å². The number of guanidine groups is 1. The Morgan fingerprint density at radius 3 is 2.57 bits per heavy atom. The van der Waals surface area contributed by atoms with Crippen LogP contribution in [0.15, 0.2) is 23.2 Å². The van der Waals surface area contributed by atoms with Crippen LogP contribution in [0.3, 0.4) is 0 Å². The second-order valence-corrected chi connectivity index (χ2v) is 7.39. The number of morpholine rings is 1. The SMILES string of the molecule is CN=C(NCCc1ccc(C)c(OC)c1)NCC(C(C)C)N1CCOCC1.I. The smallest absolute Gasteiger partial charge is 0.191 e. The maximum absolute atomic E-state index is 5.49. The van der Waals surface area contributed by atoms with Gasteiger partial charge in [-0.2, -0.15) is 0 Å². The van der Waals surface area contributed by atoms with Crippen LogP contribution in [-0.2, 0) is 11.2 Å². The summed E-state index contributed by atoms with van der Waals surface area (Å²) in [6.45, 7) is 12.0. The molecule has 0 bridgehead atoms. The van der Waals surface area contributed by atoms with Crippen LogP contribution in [0.1, 0.15) is 25.0 Å². The van der Waals surface area contributed by atoms with Crippen LogP contribution in [0.5, 0.6) is 5.75 Å². The van der Waals surface area contributed by atoms with Gasteiger partial charge >= 0.3 is 0 Å². The zero-order chi connectivity index (χ0) is 19.6. The lowest BCUT2D eigenvalue weighted by Crippen LogP contribution is -2.52. The normalized spacial score (nSPS) is 16.4. The summed E-state index contributed by atoms with van der Waals surface area (Å²) in [7, 11) is 3.54. The molecule has 1 aliphatic rings. The first-order chi connectivity index (χ1) is 13.0. The summed E-state index contributed by atoms with van der Waals surface area (Å²) in [6.07, 6.45) is 0.925. The van der Waals surface area contributed by atoms with Crippen LogP contribution >= 0.6 is 24.0 Å². The summed E-state index contributed by atoms with van der Waals surface area (Å²) in [6, 6.07) is 6.86. The van der Waals surface area contributed by atoms with E-state index in [1.807, 2.05) is 7.05 Å². The molecule has 1 fully saturated rings. The molecule has 160 valence electrons. The molecule has 0 aliphatic carbocycles. The van der Waals surface area contributed by atoms with Crippen molar-refractivity contribution in [2.45, 2.75) is 33.2 Å².